The molecule has 0 fully saturated rings. The van der Waals surface area contributed by atoms with E-state index in [2.05, 4.69) is 9.97 Å². The van der Waals surface area contributed by atoms with Crippen LogP contribution in [0.4, 0.5) is 0 Å². The summed E-state index contributed by atoms with van der Waals surface area (Å²) in [7, 11) is 0. The number of nitrogens with zero attached hydrogens (tertiary/aromatic N) is 2. The molecule has 15 heavy (non-hydrogen) atoms. The first kappa shape index (κ1) is 10.3. The molecule has 0 aromatic carbocycles. The second-order valence-corrected chi connectivity index (χ2v) is 4.51. The first-order valence-corrected chi connectivity index (χ1v) is 5.60. The number of pyridine rings is 1. The lowest BCUT2D eigenvalue weighted by Crippen LogP contribution is -1.89. The molecule has 0 atom stereocenters. The van der Waals surface area contributed by atoms with Crippen molar-refractivity contribution in [2.75, 3.05) is 6.61 Å². The van der Waals surface area contributed by atoms with Crippen molar-refractivity contribution in [1.82, 2.24) is 9.97 Å². The Hall–Kier alpha value is -1.26. The van der Waals surface area contributed by atoms with Gasteiger partial charge >= 0.3 is 0 Å². The summed E-state index contributed by atoms with van der Waals surface area (Å²) in [5.41, 5.74) is 2.09. The lowest BCUT2D eigenvalue weighted by Gasteiger charge is -1.96. The summed E-state index contributed by atoms with van der Waals surface area (Å²) in [6.07, 6.45) is 4.16. The highest BCUT2D eigenvalue weighted by atomic mass is 32.1. The minimum atomic E-state index is 0.155. The summed E-state index contributed by atoms with van der Waals surface area (Å²) in [4.78, 5) is 9.66. The molecule has 0 saturated heterocycles. The Morgan fingerprint density at radius 1 is 1.33 bits per heavy atom. The van der Waals surface area contributed by atoms with E-state index in [-0.39, 0.29) is 6.61 Å². The fourth-order valence-corrected chi connectivity index (χ4v) is 2.38. The van der Waals surface area contributed by atoms with Crippen molar-refractivity contribution >= 4 is 11.3 Å². The van der Waals surface area contributed by atoms with Crippen molar-refractivity contribution in [1.29, 1.82) is 0 Å². The van der Waals surface area contributed by atoms with E-state index in [9.17, 15) is 0 Å². The van der Waals surface area contributed by atoms with Crippen LogP contribution in [0.25, 0.3) is 11.3 Å². The molecule has 0 aliphatic carbocycles. The molecule has 0 amide bonds. The Kier molecular flexibility index (Phi) is 3.08. The lowest BCUT2D eigenvalue weighted by atomic mass is 10.2. The second kappa shape index (κ2) is 4.51. The Morgan fingerprint density at radius 3 is 2.73 bits per heavy atom. The third-order valence-electron chi connectivity index (χ3n) is 2.12. The van der Waals surface area contributed by atoms with E-state index in [0.717, 1.165) is 16.3 Å². The van der Waals surface area contributed by atoms with Gasteiger partial charge in [0, 0.05) is 35.9 Å². The minimum Gasteiger partial charge on any atom is -0.396 e. The van der Waals surface area contributed by atoms with Crippen molar-refractivity contribution in [3.63, 3.8) is 0 Å². The van der Waals surface area contributed by atoms with Crippen LogP contribution in [0.3, 0.4) is 0 Å². The number of rotatable bonds is 3. The van der Waals surface area contributed by atoms with E-state index < -0.39 is 0 Å². The smallest absolute Gasteiger partial charge is 0.0958 e. The number of hydrogen-bond donors (Lipinski definition) is 1. The summed E-state index contributed by atoms with van der Waals surface area (Å²) in [6.45, 7) is 2.21. The summed E-state index contributed by atoms with van der Waals surface area (Å²) >= 11 is 1.64. The molecule has 0 unspecified atom stereocenters. The van der Waals surface area contributed by atoms with Crippen molar-refractivity contribution < 1.29 is 5.11 Å². The van der Waals surface area contributed by atoms with Crippen LogP contribution in [-0.4, -0.2) is 21.7 Å². The van der Waals surface area contributed by atoms with E-state index in [1.165, 1.54) is 4.88 Å². The summed E-state index contributed by atoms with van der Waals surface area (Å²) in [5.74, 6) is 0. The highest BCUT2D eigenvalue weighted by Crippen LogP contribution is 2.26. The number of aliphatic hydroxyl groups is 1. The second-order valence-electron chi connectivity index (χ2n) is 3.22. The number of aliphatic hydroxyl groups excluding tert-OH is 1. The Balaban J connectivity index is 2.36. The van der Waals surface area contributed by atoms with Crippen LogP contribution in [0, 0.1) is 6.92 Å². The molecule has 2 rings (SSSR count). The van der Waals surface area contributed by atoms with Crippen LogP contribution < -0.4 is 0 Å². The SMILES string of the molecule is Cc1sc(CCO)nc1-c1ccncc1. The highest BCUT2D eigenvalue weighted by Gasteiger charge is 2.08. The van der Waals surface area contributed by atoms with Gasteiger partial charge in [0.1, 0.15) is 0 Å². The molecule has 2 aromatic heterocycles. The van der Waals surface area contributed by atoms with Gasteiger partial charge in [0.15, 0.2) is 0 Å². The van der Waals surface area contributed by atoms with Crippen molar-refractivity contribution in [3.8, 4) is 11.3 Å². The van der Waals surface area contributed by atoms with Gasteiger partial charge in [0.05, 0.1) is 10.7 Å². The van der Waals surface area contributed by atoms with E-state index in [1.807, 2.05) is 19.1 Å². The van der Waals surface area contributed by atoms with E-state index in [0.29, 0.717) is 6.42 Å². The molecule has 1 N–H and O–H groups in total. The zero-order valence-corrected chi connectivity index (χ0v) is 9.29. The molecule has 0 bridgehead atoms. The Labute approximate surface area is 92.5 Å². The molecule has 78 valence electrons. The maximum absolute atomic E-state index is 8.85. The van der Waals surface area contributed by atoms with Crippen molar-refractivity contribution in [2.45, 2.75) is 13.3 Å². The van der Waals surface area contributed by atoms with Gasteiger partial charge in [0.2, 0.25) is 0 Å². The van der Waals surface area contributed by atoms with Crippen LogP contribution in [0.15, 0.2) is 24.5 Å². The largest absolute Gasteiger partial charge is 0.396 e. The van der Waals surface area contributed by atoms with Gasteiger partial charge in [-0.15, -0.1) is 11.3 Å². The first-order valence-electron chi connectivity index (χ1n) is 4.79. The molecular formula is C11H12N2OS. The molecule has 0 radical (unpaired) electrons. The van der Waals surface area contributed by atoms with Crippen molar-refractivity contribution in [3.05, 3.63) is 34.4 Å². The molecule has 4 heteroatoms. The molecular weight excluding hydrogens is 208 g/mol. The maximum Gasteiger partial charge on any atom is 0.0958 e. The number of aryl methyl sites for hydroxylation is 1. The minimum absolute atomic E-state index is 0.155. The maximum atomic E-state index is 8.85. The topological polar surface area (TPSA) is 46.0 Å². The molecule has 3 nitrogen and oxygen atoms in total. The van der Waals surface area contributed by atoms with E-state index in [4.69, 9.17) is 5.11 Å². The third kappa shape index (κ3) is 2.22. The zero-order chi connectivity index (χ0) is 10.7. The number of thiazole rings is 1. The van der Waals surface area contributed by atoms with Gasteiger partial charge in [-0.2, -0.15) is 0 Å². The number of aromatic nitrogens is 2. The zero-order valence-electron chi connectivity index (χ0n) is 8.47. The lowest BCUT2D eigenvalue weighted by molar-refractivity contribution is 0.299. The van der Waals surface area contributed by atoms with Gasteiger partial charge in [-0.3, -0.25) is 4.98 Å². The van der Waals surface area contributed by atoms with Crippen molar-refractivity contribution in [2.24, 2.45) is 0 Å². The van der Waals surface area contributed by atoms with Gasteiger partial charge in [-0.05, 0) is 19.1 Å². The average molecular weight is 220 g/mol. The average Bonchev–Trinajstić information content (AvgIpc) is 2.61. The van der Waals surface area contributed by atoms with Gasteiger partial charge in [-0.25, -0.2) is 4.98 Å². The summed E-state index contributed by atoms with van der Waals surface area (Å²) in [5, 5.41) is 9.83. The van der Waals surface area contributed by atoms with Crippen LogP contribution in [0.2, 0.25) is 0 Å². The predicted octanol–water partition coefficient (Wildman–Crippen LogP) is 2.05. The quantitative estimate of drug-likeness (QED) is 0.861. The summed E-state index contributed by atoms with van der Waals surface area (Å²) < 4.78 is 0. The Bertz CT molecular complexity index is 439. The third-order valence-corrected chi connectivity index (χ3v) is 3.15. The number of hydrogen-bond acceptors (Lipinski definition) is 4. The molecule has 0 spiro atoms. The molecule has 0 aliphatic heterocycles. The van der Waals surface area contributed by atoms with Crippen LogP contribution in [0.5, 0.6) is 0 Å². The monoisotopic (exact) mass is 220 g/mol. The first-order chi connectivity index (χ1) is 7.31. The van der Waals surface area contributed by atoms with Gasteiger partial charge in [-0.1, -0.05) is 0 Å². The fraction of sp³-hybridized carbons (Fsp3) is 0.273. The molecule has 0 aliphatic rings. The molecule has 2 aromatic rings. The predicted molar refractivity (Wildman–Crippen MR) is 60.9 cm³/mol. The van der Waals surface area contributed by atoms with Crippen LogP contribution in [-0.2, 0) is 6.42 Å². The molecule has 0 saturated carbocycles. The molecule has 2 heterocycles. The van der Waals surface area contributed by atoms with Crippen LogP contribution >= 0.6 is 11.3 Å². The van der Waals surface area contributed by atoms with Crippen LogP contribution in [0.1, 0.15) is 9.88 Å². The van der Waals surface area contributed by atoms with E-state index in [1.54, 1.807) is 23.7 Å². The standard InChI is InChI=1S/C11H12N2OS/c1-8-11(9-2-5-12-6-3-9)13-10(15-8)4-7-14/h2-3,5-6,14H,4,7H2,1H3. The summed E-state index contributed by atoms with van der Waals surface area (Å²) in [6, 6.07) is 3.90. The van der Waals surface area contributed by atoms with Gasteiger partial charge < -0.3 is 5.11 Å². The van der Waals surface area contributed by atoms with Gasteiger partial charge in [0.25, 0.3) is 0 Å². The fourth-order valence-electron chi connectivity index (χ4n) is 1.43. The normalized spacial score (nSPS) is 10.5. The highest BCUT2D eigenvalue weighted by molar-refractivity contribution is 7.12. The Morgan fingerprint density at radius 2 is 2.07 bits per heavy atom. The van der Waals surface area contributed by atoms with E-state index >= 15 is 0 Å².